The van der Waals surface area contributed by atoms with E-state index >= 15 is 0 Å². The summed E-state index contributed by atoms with van der Waals surface area (Å²) < 4.78 is 48.6. The Labute approximate surface area is 177 Å². The summed E-state index contributed by atoms with van der Waals surface area (Å²) in [6.07, 6.45) is -2.93. The van der Waals surface area contributed by atoms with Crippen molar-refractivity contribution < 1.29 is 27.4 Å². The summed E-state index contributed by atoms with van der Waals surface area (Å²) in [4.78, 5) is 13.2. The lowest BCUT2D eigenvalue weighted by Gasteiger charge is -2.11. The molecule has 160 valence electrons. The van der Waals surface area contributed by atoms with E-state index in [1.165, 1.54) is 25.4 Å². The summed E-state index contributed by atoms with van der Waals surface area (Å²) in [5.41, 5.74) is 1.08. The van der Waals surface area contributed by atoms with Crippen LogP contribution in [0, 0.1) is 0 Å². The Morgan fingerprint density at radius 3 is 1.71 bits per heavy atom. The van der Waals surface area contributed by atoms with Gasteiger partial charge in [0, 0.05) is 23.0 Å². The lowest BCUT2D eigenvalue weighted by atomic mass is 9.97. The van der Waals surface area contributed by atoms with Crippen LogP contribution in [-0.4, -0.2) is 20.0 Å². The van der Waals surface area contributed by atoms with E-state index in [0.29, 0.717) is 33.9 Å². The van der Waals surface area contributed by atoms with Gasteiger partial charge in [0.2, 0.25) is 0 Å². The molecule has 7 heteroatoms. The van der Waals surface area contributed by atoms with Crippen LogP contribution in [0.3, 0.4) is 0 Å². The predicted octanol–water partition coefficient (Wildman–Crippen LogP) is 6.06. The molecule has 0 spiro atoms. The second-order valence-corrected chi connectivity index (χ2v) is 6.56. The zero-order chi connectivity index (χ0) is 22.4. The Morgan fingerprint density at radius 1 is 0.774 bits per heavy atom. The molecule has 31 heavy (non-hydrogen) atoms. The van der Waals surface area contributed by atoms with Gasteiger partial charge in [0.05, 0.1) is 19.8 Å². The molecule has 0 radical (unpaired) electrons. The van der Waals surface area contributed by atoms with Gasteiger partial charge in [0.25, 0.3) is 0 Å². The first-order valence-corrected chi connectivity index (χ1v) is 9.29. The van der Waals surface area contributed by atoms with Gasteiger partial charge in [0.15, 0.2) is 5.78 Å². The minimum atomic E-state index is -4.41. The highest BCUT2D eigenvalue weighted by Crippen LogP contribution is 2.30. The van der Waals surface area contributed by atoms with Crippen LogP contribution in [0.2, 0.25) is 0 Å². The number of allylic oxidation sites excluding steroid dienone is 1. The molecule has 0 saturated heterocycles. The SMILES string of the molecule is COc1ccc(C(=O)/C(=C/Nc2ccc(C(F)(F)F)cc2)c2ccc(OC)cc2)cc1. The molecular formula is C24H20F3NO3. The highest BCUT2D eigenvalue weighted by atomic mass is 19.4. The van der Waals surface area contributed by atoms with Gasteiger partial charge in [-0.05, 0) is 66.2 Å². The maximum absolute atomic E-state index is 13.2. The maximum atomic E-state index is 13.2. The quantitative estimate of drug-likeness (QED) is 0.368. The van der Waals surface area contributed by atoms with Crippen LogP contribution < -0.4 is 14.8 Å². The van der Waals surface area contributed by atoms with Crippen LogP contribution >= 0.6 is 0 Å². The number of nitrogens with one attached hydrogen (secondary N) is 1. The average Bonchev–Trinajstić information content (AvgIpc) is 2.79. The number of ketones is 1. The van der Waals surface area contributed by atoms with Gasteiger partial charge in [-0.25, -0.2) is 0 Å². The number of alkyl halides is 3. The summed E-state index contributed by atoms with van der Waals surface area (Å²) in [7, 11) is 3.08. The van der Waals surface area contributed by atoms with E-state index in [4.69, 9.17) is 9.47 Å². The third kappa shape index (κ3) is 5.45. The molecule has 3 aromatic rings. The summed E-state index contributed by atoms with van der Waals surface area (Å²) in [6, 6.07) is 18.2. The molecule has 4 nitrogen and oxygen atoms in total. The van der Waals surface area contributed by atoms with E-state index in [-0.39, 0.29) is 5.78 Å². The van der Waals surface area contributed by atoms with E-state index in [1.54, 1.807) is 55.6 Å². The molecule has 0 amide bonds. The number of methoxy groups -OCH3 is 2. The van der Waals surface area contributed by atoms with Crippen molar-refractivity contribution in [1.29, 1.82) is 0 Å². The molecule has 0 aliphatic carbocycles. The highest BCUT2D eigenvalue weighted by molar-refractivity contribution is 6.29. The maximum Gasteiger partial charge on any atom is 0.416 e. The first kappa shape index (κ1) is 22.0. The van der Waals surface area contributed by atoms with E-state index in [1.807, 2.05) is 0 Å². The molecule has 3 aromatic carbocycles. The van der Waals surface area contributed by atoms with Gasteiger partial charge < -0.3 is 14.8 Å². The first-order valence-electron chi connectivity index (χ1n) is 9.29. The second kappa shape index (κ2) is 9.38. The number of Topliss-reactive ketones (excluding diaryl/α,β-unsaturated/α-hetero) is 1. The minimum absolute atomic E-state index is 0.257. The normalized spacial score (nSPS) is 11.7. The largest absolute Gasteiger partial charge is 0.497 e. The number of rotatable bonds is 7. The van der Waals surface area contributed by atoms with Crippen LogP contribution in [0.4, 0.5) is 18.9 Å². The average molecular weight is 427 g/mol. The Balaban J connectivity index is 1.93. The number of carbonyl (C=O) groups is 1. The molecule has 0 aromatic heterocycles. The fourth-order valence-corrected chi connectivity index (χ4v) is 2.86. The van der Waals surface area contributed by atoms with Crippen molar-refractivity contribution >= 4 is 17.0 Å². The minimum Gasteiger partial charge on any atom is -0.497 e. The van der Waals surface area contributed by atoms with Gasteiger partial charge in [-0.1, -0.05) is 12.1 Å². The number of carbonyl (C=O) groups excluding carboxylic acids is 1. The van der Waals surface area contributed by atoms with Crippen molar-refractivity contribution in [1.82, 2.24) is 0 Å². The van der Waals surface area contributed by atoms with Crippen LogP contribution in [0.1, 0.15) is 21.5 Å². The zero-order valence-corrected chi connectivity index (χ0v) is 16.9. The zero-order valence-electron chi connectivity index (χ0n) is 16.9. The number of benzene rings is 3. The van der Waals surface area contributed by atoms with Gasteiger partial charge >= 0.3 is 6.18 Å². The number of halogens is 3. The van der Waals surface area contributed by atoms with Crippen molar-refractivity contribution in [3.8, 4) is 11.5 Å². The molecular weight excluding hydrogens is 407 g/mol. The molecule has 0 fully saturated rings. The number of ether oxygens (including phenoxy) is 2. The smallest absolute Gasteiger partial charge is 0.416 e. The summed E-state index contributed by atoms with van der Waals surface area (Å²) in [6.45, 7) is 0. The van der Waals surface area contributed by atoms with Gasteiger partial charge in [-0.15, -0.1) is 0 Å². The van der Waals surface area contributed by atoms with Crippen molar-refractivity contribution in [3.05, 3.63) is 95.7 Å². The standard InChI is InChI=1S/C24H20F3NO3/c1-30-20-11-3-16(4-12-20)22(23(29)17-5-13-21(31-2)14-6-17)15-28-19-9-7-18(8-10-19)24(25,26)27/h3-15,28H,1-2H3/b22-15+. The summed E-state index contributed by atoms with van der Waals surface area (Å²) in [5, 5.41) is 2.92. The summed E-state index contributed by atoms with van der Waals surface area (Å²) >= 11 is 0. The van der Waals surface area contributed by atoms with E-state index in [9.17, 15) is 18.0 Å². The third-order valence-corrected chi connectivity index (χ3v) is 4.59. The Kier molecular flexibility index (Phi) is 6.65. The van der Waals surface area contributed by atoms with Crippen LogP contribution in [0.25, 0.3) is 5.57 Å². The van der Waals surface area contributed by atoms with Gasteiger partial charge in [0.1, 0.15) is 11.5 Å². The number of hydrogen-bond donors (Lipinski definition) is 1. The molecule has 0 aliphatic heterocycles. The van der Waals surface area contributed by atoms with Crippen molar-refractivity contribution in [2.75, 3.05) is 19.5 Å². The fourth-order valence-electron chi connectivity index (χ4n) is 2.86. The number of anilines is 1. The third-order valence-electron chi connectivity index (χ3n) is 4.59. The van der Waals surface area contributed by atoms with E-state index in [0.717, 1.165) is 12.1 Å². The Hall–Kier alpha value is -3.74. The molecule has 0 heterocycles. The molecule has 0 unspecified atom stereocenters. The lowest BCUT2D eigenvalue weighted by molar-refractivity contribution is -0.137. The Morgan fingerprint density at radius 2 is 1.26 bits per heavy atom. The highest BCUT2D eigenvalue weighted by Gasteiger charge is 2.29. The van der Waals surface area contributed by atoms with E-state index in [2.05, 4.69) is 5.32 Å². The molecule has 0 bridgehead atoms. The molecule has 3 rings (SSSR count). The van der Waals surface area contributed by atoms with E-state index < -0.39 is 11.7 Å². The molecule has 1 N–H and O–H groups in total. The predicted molar refractivity (Wildman–Crippen MR) is 113 cm³/mol. The summed E-state index contributed by atoms with van der Waals surface area (Å²) in [5.74, 6) is 0.998. The van der Waals surface area contributed by atoms with Crippen LogP contribution in [-0.2, 0) is 6.18 Å². The first-order chi connectivity index (χ1) is 14.8. The fraction of sp³-hybridized carbons (Fsp3) is 0.125. The lowest BCUT2D eigenvalue weighted by Crippen LogP contribution is -2.06. The van der Waals surface area contributed by atoms with Crippen molar-refractivity contribution in [2.45, 2.75) is 6.18 Å². The van der Waals surface area contributed by atoms with Gasteiger partial charge in [-0.3, -0.25) is 4.79 Å². The topological polar surface area (TPSA) is 47.6 Å². The number of hydrogen-bond acceptors (Lipinski definition) is 4. The molecule has 0 aliphatic rings. The van der Waals surface area contributed by atoms with Crippen LogP contribution in [0.15, 0.2) is 79.0 Å². The Bertz CT molecular complexity index is 1060. The monoisotopic (exact) mass is 427 g/mol. The van der Waals surface area contributed by atoms with Gasteiger partial charge in [-0.2, -0.15) is 13.2 Å². The van der Waals surface area contributed by atoms with Crippen molar-refractivity contribution in [2.24, 2.45) is 0 Å². The molecule has 0 atom stereocenters. The van der Waals surface area contributed by atoms with Crippen LogP contribution in [0.5, 0.6) is 11.5 Å². The second-order valence-electron chi connectivity index (χ2n) is 6.56. The molecule has 0 saturated carbocycles. The van der Waals surface area contributed by atoms with Crippen molar-refractivity contribution in [3.63, 3.8) is 0 Å².